The summed E-state index contributed by atoms with van der Waals surface area (Å²) in [7, 11) is 3.98. The highest BCUT2D eigenvalue weighted by Gasteiger charge is 2.00. The van der Waals surface area contributed by atoms with Crippen molar-refractivity contribution < 1.29 is 0 Å². The molecule has 1 N–H and O–H groups in total. The van der Waals surface area contributed by atoms with Gasteiger partial charge in [-0.1, -0.05) is 0 Å². The maximum absolute atomic E-state index is 6.50. The van der Waals surface area contributed by atoms with Gasteiger partial charge in [-0.3, -0.25) is 0 Å². The van der Waals surface area contributed by atoms with Gasteiger partial charge in [-0.25, -0.2) is 10.4 Å². The molecule has 0 aliphatic rings. The Bertz CT molecular complexity index is 113. The average molecular weight is 127 g/mol. The van der Waals surface area contributed by atoms with Gasteiger partial charge in [0, 0.05) is 6.04 Å². The largest absolute Gasteiger partial charge is 0.305 e. The van der Waals surface area contributed by atoms with E-state index in [1.165, 1.54) is 0 Å². The highest BCUT2D eigenvalue weighted by Crippen LogP contribution is 1.89. The first-order valence-corrected chi connectivity index (χ1v) is 2.93. The number of nitrogens with zero attached hydrogens (tertiary/aromatic N) is 2. The van der Waals surface area contributed by atoms with E-state index in [2.05, 4.69) is 16.8 Å². The van der Waals surface area contributed by atoms with Crippen molar-refractivity contribution in [3.63, 3.8) is 0 Å². The summed E-state index contributed by atoms with van der Waals surface area (Å²) in [5.41, 5.74) is 0. The first kappa shape index (κ1) is 8.34. The van der Waals surface area contributed by atoms with Crippen LogP contribution in [0.4, 0.5) is 0 Å². The summed E-state index contributed by atoms with van der Waals surface area (Å²) in [6, 6.07) is 2.41. The predicted molar refractivity (Wildman–Crippen MR) is 38.2 cm³/mol. The lowest BCUT2D eigenvalue weighted by Gasteiger charge is -2.15. The Balaban J connectivity index is 3.49. The number of likely N-dealkylation sites (N-methyl/N-ethyl adjacent to an activating group) is 1. The number of nitrogens with one attached hydrogen (secondary N) is 1. The minimum absolute atomic E-state index is 0.405. The molecule has 0 fully saturated rings. The summed E-state index contributed by atoms with van der Waals surface area (Å²) in [6.07, 6.45) is 0. The quantitative estimate of drug-likeness (QED) is 0.556. The molecule has 0 aliphatic heterocycles. The summed E-state index contributed by atoms with van der Waals surface area (Å²) in [5, 5.41) is 6.50. The summed E-state index contributed by atoms with van der Waals surface area (Å²) in [6.45, 7) is 2.72. The van der Waals surface area contributed by atoms with Crippen molar-refractivity contribution in [1.82, 2.24) is 4.90 Å². The molecule has 1 atom stereocenters. The maximum Gasteiger partial charge on any atom is 0.0862 e. The van der Waals surface area contributed by atoms with E-state index in [1.807, 2.05) is 20.1 Å². The van der Waals surface area contributed by atoms with Crippen LogP contribution in [-0.2, 0) is 0 Å². The lowest BCUT2D eigenvalue weighted by molar-refractivity contribution is 0.321. The summed E-state index contributed by atoms with van der Waals surface area (Å²) in [5.74, 6) is 0. The molecule has 0 aromatic heterocycles. The monoisotopic (exact) mass is 127 g/mol. The molecule has 0 amide bonds. The molecule has 52 valence electrons. The third kappa shape index (κ3) is 3.88. The van der Waals surface area contributed by atoms with Crippen molar-refractivity contribution in [2.75, 3.05) is 20.6 Å². The summed E-state index contributed by atoms with van der Waals surface area (Å²) < 4.78 is 0. The standard InChI is InChI=1S/C6H13N3/c1-6(9(2)3)4-8-5-7/h6-7H,4H2,1-3H3. The van der Waals surface area contributed by atoms with Gasteiger partial charge in [0.1, 0.15) is 0 Å². The van der Waals surface area contributed by atoms with E-state index < -0.39 is 0 Å². The second-order valence-corrected chi connectivity index (χ2v) is 2.27. The third-order valence-corrected chi connectivity index (χ3v) is 1.32. The lowest BCUT2D eigenvalue weighted by atomic mass is 10.3. The Morgan fingerprint density at radius 3 is 2.56 bits per heavy atom. The van der Waals surface area contributed by atoms with E-state index in [4.69, 9.17) is 5.41 Å². The molecule has 9 heavy (non-hydrogen) atoms. The second kappa shape index (κ2) is 4.24. The van der Waals surface area contributed by atoms with Gasteiger partial charge in [-0.05, 0) is 21.0 Å². The molecule has 0 aromatic rings. The van der Waals surface area contributed by atoms with Gasteiger partial charge in [-0.15, -0.1) is 0 Å². The van der Waals surface area contributed by atoms with Crippen LogP contribution in [0.15, 0.2) is 4.99 Å². The van der Waals surface area contributed by atoms with Gasteiger partial charge in [0.05, 0.1) is 12.6 Å². The van der Waals surface area contributed by atoms with Crippen molar-refractivity contribution >= 4 is 6.01 Å². The van der Waals surface area contributed by atoms with E-state index in [0.717, 1.165) is 0 Å². The normalized spacial score (nSPS) is 12.9. The maximum atomic E-state index is 6.50. The summed E-state index contributed by atoms with van der Waals surface area (Å²) >= 11 is 0. The van der Waals surface area contributed by atoms with Crippen molar-refractivity contribution in [3.05, 3.63) is 0 Å². The minimum Gasteiger partial charge on any atom is -0.305 e. The first-order chi connectivity index (χ1) is 4.18. The molecule has 3 nitrogen and oxygen atoms in total. The van der Waals surface area contributed by atoms with Gasteiger partial charge in [0.2, 0.25) is 0 Å². The fourth-order valence-electron chi connectivity index (χ4n) is 0.341. The van der Waals surface area contributed by atoms with Gasteiger partial charge < -0.3 is 4.90 Å². The molecular weight excluding hydrogens is 114 g/mol. The van der Waals surface area contributed by atoms with E-state index >= 15 is 0 Å². The molecule has 0 radical (unpaired) electrons. The molecule has 0 spiro atoms. The Labute approximate surface area is 55.9 Å². The minimum atomic E-state index is 0.405. The van der Waals surface area contributed by atoms with Gasteiger partial charge in [-0.2, -0.15) is 0 Å². The van der Waals surface area contributed by atoms with Crippen LogP contribution < -0.4 is 0 Å². The van der Waals surface area contributed by atoms with Crippen LogP contribution in [0.1, 0.15) is 6.92 Å². The molecule has 0 saturated heterocycles. The number of hydrogen-bond donors (Lipinski definition) is 1. The lowest BCUT2D eigenvalue weighted by Crippen LogP contribution is -2.27. The highest BCUT2D eigenvalue weighted by atomic mass is 15.1. The molecule has 1 unspecified atom stereocenters. The van der Waals surface area contributed by atoms with Crippen molar-refractivity contribution in [1.29, 1.82) is 5.41 Å². The zero-order valence-electron chi connectivity index (χ0n) is 6.18. The van der Waals surface area contributed by atoms with Crippen LogP contribution in [0.3, 0.4) is 0 Å². The van der Waals surface area contributed by atoms with E-state index in [0.29, 0.717) is 12.6 Å². The van der Waals surface area contributed by atoms with Crippen LogP contribution in [-0.4, -0.2) is 37.6 Å². The molecule has 0 bridgehead atoms. The molecule has 3 heteroatoms. The van der Waals surface area contributed by atoms with Crippen molar-refractivity contribution in [3.8, 4) is 0 Å². The molecule has 0 aliphatic carbocycles. The Kier molecular flexibility index (Phi) is 3.93. The Hall–Kier alpha value is -0.660. The Morgan fingerprint density at radius 2 is 2.22 bits per heavy atom. The molecule has 0 heterocycles. The molecule has 0 saturated carbocycles. The number of hydrogen-bond acceptors (Lipinski definition) is 3. The Morgan fingerprint density at radius 1 is 1.67 bits per heavy atom. The third-order valence-electron chi connectivity index (χ3n) is 1.32. The van der Waals surface area contributed by atoms with Crippen LogP contribution in [0.2, 0.25) is 0 Å². The molecular formula is C6H13N3. The van der Waals surface area contributed by atoms with E-state index in [9.17, 15) is 0 Å². The van der Waals surface area contributed by atoms with Crippen LogP contribution >= 0.6 is 0 Å². The zero-order valence-corrected chi connectivity index (χ0v) is 6.18. The second-order valence-electron chi connectivity index (χ2n) is 2.27. The van der Waals surface area contributed by atoms with Gasteiger partial charge >= 0.3 is 0 Å². The highest BCUT2D eigenvalue weighted by molar-refractivity contribution is 5.35. The zero-order chi connectivity index (χ0) is 7.28. The van der Waals surface area contributed by atoms with Crippen molar-refractivity contribution in [2.45, 2.75) is 13.0 Å². The molecule has 0 aromatic carbocycles. The SMILES string of the molecule is CC(CN=C=N)N(C)C. The van der Waals surface area contributed by atoms with Gasteiger partial charge in [0.15, 0.2) is 0 Å². The van der Waals surface area contributed by atoms with Gasteiger partial charge in [0.25, 0.3) is 0 Å². The fourth-order valence-corrected chi connectivity index (χ4v) is 0.341. The fraction of sp³-hybridized carbons (Fsp3) is 0.833. The predicted octanol–water partition coefficient (Wildman–Crippen LogP) is 0.689. The van der Waals surface area contributed by atoms with Crippen molar-refractivity contribution in [2.24, 2.45) is 4.99 Å². The van der Waals surface area contributed by atoms with E-state index in [1.54, 1.807) is 0 Å². The van der Waals surface area contributed by atoms with Crippen LogP contribution in [0.25, 0.3) is 0 Å². The first-order valence-electron chi connectivity index (χ1n) is 2.93. The van der Waals surface area contributed by atoms with E-state index in [-0.39, 0.29) is 0 Å². The average Bonchev–Trinajstić information content (AvgIpc) is 1.82. The smallest absolute Gasteiger partial charge is 0.0862 e. The number of aliphatic imine (C=N–C) groups is 1. The summed E-state index contributed by atoms with van der Waals surface area (Å²) in [4.78, 5) is 5.72. The number of rotatable bonds is 3. The van der Waals surface area contributed by atoms with Crippen LogP contribution in [0.5, 0.6) is 0 Å². The topological polar surface area (TPSA) is 39.5 Å². The van der Waals surface area contributed by atoms with Crippen LogP contribution in [0, 0.1) is 5.41 Å². The molecule has 0 rings (SSSR count).